The number of ether oxygens (including phenoxy) is 2. The minimum atomic E-state index is -0.404. The van der Waals surface area contributed by atoms with Crippen LogP contribution in [0.5, 0.6) is 0 Å². The fourth-order valence-corrected chi connectivity index (χ4v) is 7.45. The molecule has 0 saturated carbocycles. The lowest BCUT2D eigenvalue weighted by atomic mass is 9.89. The van der Waals surface area contributed by atoms with Gasteiger partial charge in [0.05, 0.1) is 12.7 Å². The number of allylic oxidation sites excluding steroid dienone is 8. The average molecular weight is 733 g/mol. The van der Waals surface area contributed by atoms with Gasteiger partial charge in [0, 0.05) is 37.8 Å². The summed E-state index contributed by atoms with van der Waals surface area (Å²) in [5, 5.41) is 0. The van der Waals surface area contributed by atoms with Crippen molar-refractivity contribution in [1.29, 1.82) is 0 Å². The van der Waals surface area contributed by atoms with Crippen molar-refractivity contribution in [3.05, 3.63) is 78.7 Å². The maximum Gasteiger partial charge on any atom is 0.171 e. The molecule has 3 atom stereocenters. The minimum absolute atomic E-state index is 0.187. The summed E-state index contributed by atoms with van der Waals surface area (Å²) in [6.45, 7) is 9.63. The van der Waals surface area contributed by atoms with E-state index in [1.54, 1.807) is 0 Å². The van der Waals surface area contributed by atoms with Gasteiger partial charge in [0.1, 0.15) is 0 Å². The standard InChI is InChI=1S/C49H84N2O2/c1-5-7-9-11-13-15-17-19-21-23-25-27-29-31-33-35-40-49(52-45-48(53-49)39-43-51(4)44-47-37-41-50-42-38-47)46(3)36-34-32-30-28-26-24-22-20-18-16-14-12-10-8-6-2/h13-16,19-22,37-38,41-42,46,48H,5-12,17-18,23-36,39-40,43-45H2,1-4H3/b15-13-,16-14-,21-19-,22-20-/t46-,48?,49?/m0/s1. The molecule has 1 aliphatic heterocycles. The maximum atomic E-state index is 6.93. The molecule has 53 heavy (non-hydrogen) atoms. The van der Waals surface area contributed by atoms with E-state index in [0.717, 1.165) is 45.4 Å². The molecule has 1 aromatic rings. The van der Waals surface area contributed by atoms with E-state index in [0.29, 0.717) is 5.92 Å². The summed E-state index contributed by atoms with van der Waals surface area (Å²) in [5.74, 6) is 0.0247. The van der Waals surface area contributed by atoms with Crippen LogP contribution in [0.1, 0.15) is 193 Å². The Kier molecular flexibility index (Phi) is 29.7. The number of rotatable bonds is 35. The zero-order valence-corrected chi connectivity index (χ0v) is 35.3. The van der Waals surface area contributed by atoms with Crippen LogP contribution >= 0.6 is 0 Å². The Hall–Kier alpha value is -2.01. The van der Waals surface area contributed by atoms with E-state index in [2.05, 4.69) is 98.4 Å². The molecule has 0 spiro atoms. The topological polar surface area (TPSA) is 34.6 Å². The third kappa shape index (κ3) is 24.9. The highest BCUT2D eigenvalue weighted by Crippen LogP contribution is 2.39. The predicted octanol–water partition coefficient (Wildman–Crippen LogP) is 14.7. The molecule has 1 aliphatic rings. The molecule has 2 unspecified atom stereocenters. The van der Waals surface area contributed by atoms with Gasteiger partial charge in [-0.05, 0) is 108 Å². The van der Waals surface area contributed by atoms with Gasteiger partial charge in [-0.15, -0.1) is 0 Å². The first-order valence-corrected chi connectivity index (χ1v) is 22.6. The van der Waals surface area contributed by atoms with Gasteiger partial charge in [-0.25, -0.2) is 0 Å². The second-order valence-corrected chi connectivity index (χ2v) is 16.0. The number of unbranched alkanes of at least 4 members (excludes halogenated alkanes) is 17. The van der Waals surface area contributed by atoms with Crippen LogP contribution in [0.15, 0.2) is 73.1 Å². The van der Waals surface area contributed by atoms with Crippen molar-refractivity contribution in [1.82, 2.24) is 9.88 Å². The normalized spacial score (nSPS) is 18.6. The summed E-state index contributed by atoms with van der Waals surface area (Å²) in [5.41, 5.74) is 1.31. The molecule has 1 aromatic heterocycles. The smallest absolute Gasteiger partial charge is 0.171 e. The van der Waals surface area contributed by atoms with Crippen molar-refractivity contribution in [3.8, 4) is 0 Å². The minimum Gasteiger partial charge on any atom is -0.347 e. The summed E-state index contributed by atoms with van der Waals surface area (Å²) in [4.78, 5) is 6.56. The number of pyridine rings is 1. The molecule has 0 bridgehead atoms. The quantitative estimate of drug-likeness (QED) is 0.0514. The third-order valence-electron chi connectivity index (χ3n) is 11.0. The van der Waals surface area contributed by atoms with E-state index in [1.807, 2.05) is 12.4 Å². The van der Waals surface area contributed by atoms with Gasteiger partial charge in [0.25, 0.3) is 0 Å². The van der Waals surface area contributed by atoms with E-state index >= 15 is 0 Å². The predicted molar refractivity (Wildman–Crippen MR) is 231 cm³/mol. The molecule has 1 fully saturated rings. The molecule has 302 valence electrons. The zero-order valence-electron chi connectivity index (χ0n) is 35.3. The molecule has 2 rings (SSSR count). The highest BCUT2D eigenvalue weighted by molar-refractivity contribution is 5.09. The van der Waals surface area contributed by atoms with Crippen LogP contribution in [0.2, 0.25) is 0 Å². The monoisotopic (exact) mass is 733 g/mol. The second-order valence-electron chi connectivity index (χ2n) is 16.0. The number of hydrogen-bond acceptors (Lipinski definition) is 4. The maximum absolute atomic E-state index is 6.93. The van der Waals surface area contributed by atoms with Gasteiger partial charge >= 0.3 is 0 Å². The van der Waals surface area contributed by atoms with Crippen LogP contribution in [-0.4, -0.2) is 42.0 Å². The van der Waals surface area contributed by atoms with E-state index in [9.17, 15) is 0 Å². The number of nitrogens with zero attached hydrogens (tertiary/aromatic N) is 2. The molecule has 2 heterocycles. The van der Waals surface area contributed by atoms with Crippen LogP contribution in [0.3, 0.4) is 0 Å². The van der Waals surface area contributed by atoms with Crippen molar-refractivity contribution < 1.29 is 9.47 Å². The fraction of sp³-hybridized carbons (Fsp3) is 0.735. The van der Waals surface area contributed by atoms with Gasteiger partial charge < -0.3 is 14.4 Å². The molecule has 0 aromatic carbocycles. The van der Waals surface area contributed by atoms with Gasteiger partial charge in [0.15, 0.2) is 5.79 Å². The molecular formula is C49H84N2O2. The highest BCUT2D eigenvalue weighted by atomic mass is 16.7. The number of aromatic nitrogens is 1. The molecular weight excluding hydrogens is 649 g/mol. The zero-order chi connectivity index (χ0) is 37.9. The molecule has 1 saturated heterocycles. The van der Waals surface area contributed by atoms with Crippen molar-refractivity contribution in [2.45, 2.75) is 206 Å². The summed E-state index contributed by atoms with van der Waals surface area (Å²) in [7, 11) is 2.21. The highest BCUT2D eigenvalue weighted by Gasteiger charge is 2.44. The van der Waals surface area contributed by atoms with Crippen molar-refractivity contribution >= 4 is 0 Å². The molecule has 0 radical (unpaired) electrons. The van der Waals surface area contributed by atoms with Crippen LogP contribution in [0.4, 0.5) is 0 Å². The van der Waals surface area contributed by atoms with Crippen LogP contribution in [0.25, 0.3) is 0 Å². The van der Waals surface area contributed by atoms with Crippen molar-refractivity contribution in [3.63, 3.8) is 0 Å². The van der Waals surface area contributed by atoms with Crippen molar-refractivity contribution in [2.24, 2.45) is 5.92 Å². The van der Waals surface area contributed by atoms with Gasteiger partial charge in [-0.2, -0.15) is 0 Å². The van der Waals surface area contributed by atoms with E-state index in [1.165, 1.54) is 147 Å². The second kappa shape index (κ2) is 33.3. The molecule has 4 heteroatoms. The molecule has 0 amide bonds. The molecule has 0 N–H and O–H groups in total. The van der Waals surface area contributed by atoms with E-state index < -0.39 is 5.79 Å². The van der Waals surface area contributed by atoms with Gasteiger partial charge in [0.2, 0.25) is 0 Å². The van der Waals surface area contributed by atoms with Crippen LogP contribution < -0.4 is 0 Å². The Morgan fingerprint density at radius 2 is 1.17 bits per heavy atom. The van der Waals surface area contributed by atoms with E-state index in [4.69, 9.17) is 9.47 Å². The lowest BCUT2D eigenvalue weighted by Gasteiger charge is -2.34. The summed E-state index contributed by atoms with van der Waals surface area (Å²) < 4.78 is 13.6. The van der Waals surface area contributed by atoms with Crippen LogP contribution in [0, 0.1) is 5.92 Å². The van der Waals surface area contributed by atoms with Crippen LogP contribution in [-0.2, 0) is 16.0 Å². The summed E-state index contributed by atoms with van der Waals surface area (Å²) >= 11 is 0. The molecule has 4 nitrogen and oxygen atoms in total. The first-order valence-electron chi connectivity index (χ1n) is 22.6. The Morgan fingerprint density at radius 1 is 0.679 bits per heavy atom. The fourth-order valence-electron chi connectivity index (χ4n) is 7.45. The summed E-state index contributed by atoms with van der Waals surface area (Å²) in [6, 6.07) is 4.22. The largest absolute Gasteiger partial charge is 0.347 e. The van der Waals surface area contributed by atoms with Gasteiger partial charge in [-0.1, -0.05) is 146 Å². The lowest BCUT2D eigenvalue weighted by Crippen LogP contribution is -2.39. The average Bonchev–Trinajstić information content (AvgIpc) is 3.60. The third-order valence-corrected chi connectivity index (χ3v) is 11.0. The van der Waals surface area contributed by atoms with E-state index in [-0.39, 0.29) is 6.10 Å². The first kappa shape index (κ1) is 47.1. The lowest BCUT2D eigenvalue weighted by molar-refractivity contribution is -0.209. The first-order chi connectivity index (χ1) is 26.1. The SMILES string of the molecule is CCCCC/C=C\C/C=C\CCCCCCCCC1([C@@H](C)CCCCCCC/C=C\C/C=C\CCCCC)OCC(CCN(C)Cc2ccncc2)O1. The Labute approximate surface area is 329 Å². The Morgan fingerprint density at radius 3 is 1.72 bits per heavy atom. The van der Waals surface area contributed by atoms with Crippen molar-refractivity contribution in [2.75, 3.05) is 20.2 Å². The Balaban J connectivity index is 1.67. The summed E-state index contributed by atoms with van der Waals surface area (Å²) in [6.07, 6.45) is 55.5. The Bertz CT molecular complexity index is 1070. The number of hydrogen-bond donors (Lipinski definition) is 0. The van der Waals surface area contributed by atoms with Gasteiger partial charge in [-0.3, -0.25) is 4.98 Å². The molecule has 0 aliphatic carbocycles.